The highest BCUT2D eigenvalue weighted by molar-refractivity contribution is 5.01. The van der Waals surface area contributed by atoms with Crippen LogP contribution in [0, 0.1) is 6.92 Å². The average molecular weight is 152 g/mol. The molecule has 0 spiro atoms. The topological polar surface area (TPSA) is 25.8 Å². The Labute approximate surface area is 68.7 Å². The van der Waals surface area contributed by atoms with Crippen molar-refractivity contribution in [1.29, 1.82) is 0 Å². The van der Waals surface area contributed by atoms with E-state index in [0.29, 0.717) is 0 Å². The summed E-state index contributed by atoms with van der Waals surface area (Å²) in [5.74, 6) is 0.917. The van der Waals surface area contributed by atoms with Crippen molar-refractivity contribution in [1.82, 2.24) is 9.97 Å². The Balaban J connectivity index is 0.000000461. The Morgan fingerprint density at radius 3 is 2.00 bits per heavy atom. The first-order valence-electron chi connectivity index (χ1n) is 4.10. The highest BCUT2D eigenvalue weighted by atomic mass is 14.8. The standard InChI is InChI=1S/C7H10N2.C2H6/c1-3-7-8-4-6(2)5-9-7;1-2/h4-5H,3H2,1-2H3;1-2H3. The van der Waals surface area contributed by atoms with E-state index in [9.17, 15) is 0 Å². The molecule has 2 heteroatoms. The Kier molecular flexibility index (Phi) is 5.35. The number of rotatable bonds is 1. The molecule has 0 bridgehead atoms. The Morgan fingerprint density at radius 2 is 1.64 bits per heavy atom. The molecule has 0 N–H and O–H groups in total. The van der Waals surface area contributed by atoms with Crippen molar-refractivity contribution >= 4 is 0 Å². The van der Waals surface area contributed by atoms with E-state index in [4.69, 9.17) is 0 Å². The van der Waals surface area contributed by atoms with Gasteiger partial charge in [0.1, 0.15) is 5.82 Å². The molecule has 0 aliphatic heterocycles. The van der Waals surface area contributed by atoms with E-state index in [-0.39, 0.29) is 0 Å². The van der Waals surface area contributed by atoms with Crippen LogP contribution in [-0.2, 0) is 6.42 Å². The van der Waals surface area contributed by atoms with Gasteiger partial charge in [-0.2, -0.15) is 0 Å². The molecular formula is C9H16N2. The second kappa shape index (κ2) is 5.83. The second-order valence-electron chi connectivity index (χ2n) is 2.03. The minimum absolute atomic E-state index is 0.917. The summed E-state index contributed by atoms with van der Waals surface area (Å²) < 4.78 is 0. The van der Waals surface area contributed by atoms with E-state index >= 15 is 0 Å². The third kappa shape index (κ3) is 3.71. The molecule has 0 amide bonds. The largest absolute Gasteiger partial charge is 0.241 e. The van der Waals surface area contributed by atoms with Crippen LogP contribution in [0.25, 0.3) is 0 Å². The minimum Gasteiger partial charge on any atom is -0.241 e. The molecular weight excluding hydrogens is 136 g/mol. The summed E-state index contributed by atoms with van der Waals surface area (Å²) in [5.41, 5.74) is 1.12. The zero-order valence-electron chi connectivity index (χ0n) is 7.76. The highest BCUT2D eigenvalue weighted by Gasteiger charge is 1.88. The van der Waals surface area contributed by atoms with Crippen LogP contribution >= 0.6 is 0 Å². The second-order valence-corrected chi connectivity index (χ2v) is 2.03. The Hall–Kier alpha value is -0.920. The van der Waals surface area contributed by atoms with E-state index in [2.05, 4.69) is 9.97 Å². The van der Waals surface area contributed by atoms with Gasteiger partial charge in [0.2, 0.25) is 0 Å². The van der Waals surface area contributed by atoms with Crippen LogP contribution in [-0.4, -0.2) is 9.97 Å². The molecule has 0 atom stereocenters. The van der Waals surface area contributed by atoms with Crippen molar-refractivity contribution in [3.63, 3.8) is 0 Å². The first kappa shape index (κ1) is 10.1. The number of aryl methyl sites for hydroxylation is 2. The number of nitrogens with zero attached hydrogens (tertiary/aromatic N) is 2. The normalized spacial score (nSPS) is 8.36. The van der Waals surface area contributed by atoms with Crippen LogP contribution in [0.2, 0.25) is 0 Å². The smallest absolute Gasteiger partial charge is 0.127 e. The predicted molar refractivity (Wildman–Crippen MR) is 47.5 cm³/mol. The van der Waals surface area contributed by atoms with Crippen molar-refractivity contribution in [2.24, 2.45) is 0 Å². The lowest BCUT2D eigenvalue weighted by molar-refractivity contribution is 0.929. The van der Waals surface area contributed by atoms with Gasteiger partial charge in [-0.3, -0.25) is 0 Å². The Morgan fingerprint density at radius 1 is 1.18 bits per heavy atom. The quantitative estimate of drug-likeness (QED) is 0.617. The molecule has 11 heavy (non-hydrogen) atoms. The summed E-state index contributed by atoms with van der Waals surface area (Å²) in [6.45, 7) is 8.03. The third-order valence-electron chi connectivity index (χ3n) is 1.15. The minimum atomic E-state index is 0.917. The van der Waals surface area contributed by atoms with Gasteiger partial charge >= 0.3 is 0 Å². The van der Waals surface area contributed by atoms with Gasteiger partial charge in [0.15, 0.2) is 0 Å². The van der Waals surface area contributed by atoms with Gasteiger partial charge in [-0.15, -0.1) is 0 Å². The molecule has 0 unspecified atom stereocenters. The van der Waals surface area contributed by atoms with Gasteiger partial charge in [0, 0.05) is 18.8 Å². The number of aromatic nitrogens is 2. The van der Waals surface area contributed by atoms with E-state index in [1.54, 1.807) is 0 Å². The van der Waals surface area contributed by atoms with Crippen LogP contribution in [0.15, 0.2) is 12.4 Å². The lowest BCUT2D eigenvalue weighted by Crippen LogP contribution is -1.90. The summed E-state index contributed by atoms with van der Waals surface area (Å²) in [7, 11) is 0. The maximum Gasteiger partial charge on any atom is 0.127 e. The lowest BCUT2D eigenvalue weighted by atomic mass is 10.4. The first-order valence-corrected chi connectivity index (χ1v) is 4.10. The lowest BCUT2D eigenvalue weighted by Gasteiger charge is -1.92. The average Bonchev–Trinajstić information content (AvgIpc) is 2.10. The molecule has 0 saturated carbocycles. The van der Waals surface area contributed by atoms with Crippen LogP contribution in [0.1, 0.15) is 32.2 Å². The molecule has 1 heterocycles. The zero-order chi connectivity index (χ0) is 8.69. The van der Waals surface area contributed by atoms with Crippen molar-refractivity contribution in [2.45, 2.75) is 34.1 Å². The first-order chi connectivity index (χ1) is 5.33. The third-order valence-corrected chi connectivity index (χ3v) is 1.15. The molecule has 0 fully saturated rings. The molecule has 1 rings (SSSR count). The van der Waals surface area contributed by atoms with Gasteiger partial charge in [0.05, 0.1) is 0 Å². The van der Waals surface area contributed by atoms with E-state index in [1.807, 2.05) is 40.1 Å². The van der Waals surface area contributed by atoms with E-state index in [1.165, 1.54) is 0 Å². The molecule has 0 saturated heterocycles. The van der Waals surface area contributed by atoms with E-state index in [0.717, 1.165) is 17.8 Å². The summed E-state index contributed by atoms with van der Waals surface area (Å²) >= 11 is 0. The summed E-state index contributed by atoms with van der Waals surface area (Å²) in [4.78, 5) is 8.17. The number of hydrogen-bond acceptors (Lipinski definition) is 2. The van der Waals surface area contributed by atoms with E-state index < -0.39 is 0 Å². The molecule has 0 aliphatic rings. The fourth-order valence-corrected chi connectivity index (χ4v) is 0.602. The molecule has 62 valence electrons. The maximum absolute atomic E-state index is 4.09. The molecule has 0 aliphatic carbocycles. The fraction of sp³-hybridized carbons (Fsp3) is 0.556. The summed E-state index contributed by atoms with van der Waals surface area (Å²) in [6.07, 6.45) is 4.60. The molecule has 0 radical (unpaired) electrons. The van der Waals surface area contributed by atoms with Crippen molar-refractivity contribution in [3.8, 4) is 0 Å². The molecule has 2 nitrogen and oxygen atoms in total. The van der Waals surface area contributed by atoms with Gasteiger partial charge in [-0.1, -0.05) is 20.8 Å². The Bertz CT molecular complexity index is 179. The zero-order valence-corrected chi connectivity index (χ0v) is 7.76. The van der Waals surface area contributed by atoms with Crippen LogP contribution in [0.5, 0.6) is 0 Å². The van der Waals surface area contributed by atoms with Crippen molar-refractivity contribution in [3.05, 3.63) is 23.8 Å². The summed E-state index contributed by atoms with van der Waals surface area (Å²) in [6, 6.07) is 0. The fourth-order valence-electron chi connectivity index (χ4n) is 0.602. The van der Waals surface area contributed by atoms with Crippen molar-refractivity contribution in [2.75, 3.05) is 0 Å². The van der Waals surface area contributed by atoms with Crippen LogP contribution in [0.4, 0.5) is 0 Å². The molecule has 0 aromatic carbocycles. The van der Waals surface area contributed by atoms with Gasteiger partial charge < -0.3 is 0 Å². The maximum atomic E-state index is 4.09. The SMILES string of the molecule is CC.CCc1ncc(C)cn1. The van der Waals surface area contributed by atoms with Crippen molar-refractivity contribution < 1.29 is 0 Å². The van der Waals surface area contributed by atoms with Gasteiger partial charge in [-0.05, 0) is 12.5 Å². The highest BCUT2D eigenvalue weighted by Crippen LogP contribution is 1.92. The van der Waals surface area contributed by atoms with Gasteiger partial charge in [0.25, 0.3) is 0 Å². The van der Waals surface area contributed by atoms with Crippen LogP contribution in [0.3, 0.4) is 0 Å². The monoisotopic (exact) mass is 152 g/mol. The molecule has 1 aromatic heterocycles. The number of hydrogen-bond donors (Lipinski definition) is 0. The van der Waals surface area contributed by atoms with Crippen LogP contribution < -0.4 is 0 Å². The predicted octanol–water partition coefficient (Wildman–Crippen LogP) is 2.37. The van der Waals surface area contributed by atoms with Gasteiger partial charge in [-0.25, -0.2) is 9.97 Å². The molecule has 1 aromatic rings. The summed E-state index contributed by atoms with van der Waals surface area (Å²) in [5, 5.41) is 0.